The third kappa shape index (κ3) is 2.99. The predicted octanol–water partition coefficient (Wildman–Crippen LogP) is -0.248. The summed E-state index contributed by atoms with van der Waals surface area (Å²) in [5.41, 5.74) is 0. The van der Waals surface area contributed by atoms with E-state index in [0.717, 1.165) is 0 Å². The lowest BCUT2D eigenvalue weighted by molar-refractivity contribution is -0.123. The van der Waals surface area contributed by atoms with E-state index in [2.05, 4.69) is 15.9 Å². The summed E-state index contributed by atoms with van der Waals surface area (Å²) in [5.74, 6) is 4.21. The molecule has 5 heteroatoms. The second-order valence-corrected chi connectivity index (χ2v) is 6.27. The smallest absolute Gasteiger partial charge is 0.238 e. The Morgan fingerprint density at radius 1 is 1.57 bits per heavy atom. The number of rotatable bonds is 1. The summed E-state index contributed by atoms with van der Waals surface area (Å²) >= 11 is 0. The summed E-state index contributed by atoms with van der Waals surface area (Å²) in [6.07, 6.45) is 0.714. The molecule has 1 fully saturated rings. The second-order valence-electron chi connectivity index (χ2n) is 4.00. The van der Waals surface area contributed by atoms with Gasteiger partial charge in [0.15, 0.2) is 0 Å². The molecule has 0 aliphatic carbocycles. The Balaban J connectivity index is 2.83. The lowest BCUT2D eigenvalue weighted by atomic mass is 10.1. The van der Waals surface area contributed by atoms with Gasteiger partial charge in [-0.25, -0.2) is 4.72 Å². The van der Waals surface area contributed by atoms with Crippen LogP contribution in [0.4, 0.5) is 0 Å². The van der Waals surface area contributed by atoms with Gasteiger partial charge in [0.2, 0.25) is 5.91 Å². The van der Waals surface area contributed by atoms with Crippen molar-refractivity contribution in [3.05, 3.63) is 0 Å². The fourth-order valence-electron chi connectivity index (χ4n) is 1.41. The molecule has 4 nitrogen and oxygen atoms in total. The lowest BCUT2D eigenvalue weighted by Crippen LogP contribution is -2.52. The van der Waals surface area contributed by atoms with Gasteiger partial charge in [-0.2, -0.15) is 0 Å². The largest absolute Gasteiger partial charge is 0.355 e. The SMILES string of the molecule is C=S1(=O)CCCNC(=O)[C@H](C(C)C)N1. The van der Waals surface area contributed by atoms with Crippen LogP contribution in [0.1, 0.15) is 20.3 Å². The van der Waals surface area contributed by atoms with Gasteiger partial charge in [-0.1, -0.05) is 13.8 Å². The van der Waals surface area contributed by atoms with Crippen molar-refractivity contribution in [1.82, 2.24) is 10.0 Å². The van der Waals surface area contributed by atoms with Crippen LogP contribution in [-0.2, 0) is 14.5 Å². The van der Waals surface area contributed by atoms with Gasteiger partial charge in [0.1, 0.15) is 0 Å². The lowest BCUT2D eigenvalue weighted by Gasteiger charge is -2.26. The summed E-state index contributed by atoms with van der Waals surface area (Å²) in [6, 6.07) is -0.389. The number of hydrogen-bond acceptors (Lipinski definition) is 2. The van der Waals surface area contributed by atoms with Crippen molar-refractivity contribution in [2.45, 2.75) is 26.3 Å². The number of nitrogens with one attached hydrogen (secondary N) is 2. The summed E-state index contributed by atoms with van der Waals surface area (Å²) < 4.78 is 14.7. The molecule has 82 valence electrons. The van der Waals surface area contributed by atoms with Crippen molar-refractivity contribution >= 4 is 21.5 Å². The fourth-order valence-corrected chi connectivity index (χ4v) is 2.98. The molecule has 1 rings (SSSR count). The van der Waals surface area contributed by atoms with E-state index in [9.17, 15) is 9.00 Å². The molecule has 2 atom stereocenters. The molecule has 0 saturated carbocycles. The topological polar surface area (TPSA) is 58.2 Å². The summed E-state index contributed by atoms with van der Waals surface area (Å²) in [6.45, 7) is 4.44. The molecule has 1 unspecified atom stereocenters. The van der Waals surface area contributed by atoms with Crippen LogP contribution in [-0.4, -0.2) is 34.3 Å². The molecular weight excluding hydrogens is 200 g/mol. The van der Waals surface area contributed by atoms with Gasteiger partial charge >= 0.3 is 0 Å². The molecule has 0 aromatic heterocycles. The average molecular weight is 218 g/mol. The highest BCUT2D eigenvalue weighted by Crippen LogP contribution is 2.06. The molecule has 0 spiro atoms. The van der Waals surface area contributed by atoms with Gasteiger partial charge in [-0.3, -0.25) is 9.00 Å². The molecule has 1 heterocycles. The van der Waals surface area contributed by atoms with Crippen molar-refractivity contribution in [1.29, 1.82) is 0 Å². The van der Waals surface area contributed by atoms with Crippen molar-refractivity contribution < 1.29 is 9.00 Å². The Kier molecular flexibility index (Phi) is 3.55. The van der Waals surface area contributed by atoms with Crippen LogP contribution < -0.4 is 10.0 Å². The molecule has 0 bridgehead atoms. The Labute approximate surface area is 85.6 Å². The zero-order chi connectivity index (χ0) is 10.8. The Bertz CT molecular complexity index is 309. The van der Waals surface area contributed by atoms with E-state index in [4.69, 9.17) is 0 Å². The highest BCUT2D eigenvalue weighted by molar-refractivity contribution is 7.98. The molecule has 0 radical (unpaired) electrons. The molecule has 14 heavy (non-hydrogen) atoms. The average Bonchev–Trinajstić information content (AvgIpc) is 2.06. The van der Waals surface area contributed by atoms with Crippen molar-refractivity contribution in [3.63, 3.8) is 0 Å². The van der Waals surface area contributed by atoms with Crippen LogP contribution >= 0.6 is 0 Å². The van der Waals surface area contributed by atoms with Crippen molar-refractivity contribution in [2.75, 3.05) is 12.3 Å². The van der Waals surface area contributed by atoms with Crippen LogP contribution in [0.2, 0.25) is 0 Å². The Morgan fingerprint density at radius 3 is 2.79 bits per heavy atom. The third-order valence-corrected chi connectivity index (χ3v) is 3.87. The third-order valence-electron chi connectivity index (χ3n) is 2.24. The monoisotopic (exact) mass is 218 g/mol. The van der Waals surface area contributed by atoms with Gasteiger partial charge in [-0.15, -0.1) is 0 Å². The first kappa shape index (κ1) is 11.5. The van der Waals surface area contributed by atoms with Crippen LogP contribution in [0.25, 0.3) is 0 Å². The minimum atomic E-state index is -2.28. The first-order valence-corrected chi connectivity index (χ1v) is 6.72. The maximum absolute atomic E-state index is 11.8. The predicted molar refractivity (Wildman–Crippen MR) is 59.5 cm³/mol. The molecular formula is C9H18N2O2S. The van der Waals surface area contributed by atoms with Gasteiger partial charge in [-0.05, 0) is 18.2 Å². The molecule has 1 amide bonds. The van der Waals surface area contributed by atoms with Crippen LogP contribution in [0.3, 0.4) is 0 Å². The maximum atomic E-state index is 11.8. The van der Waals surface area contributed by atoms with E-state index in [0.29, 0.717) is 18.7 Å². The molecule has 2 N–H and O–H groups in total. The van der Waals surface area contributed by atoms with Crippen LogP contribution in [0.5, 0.6) is 0 Å². The number of amides is 1. The summed E-state index contributed by atoms with van der Waals surface area (Å²) in [4.78, 5) is 11.6. The summed E-state index contributed by atoms with van der Waals surface area (Å²) in [5, 5.41) is 2.80. The zero-order valence-electron chi connectivity index (χ0n) is 8.71. The highest BCUT2D eigenvalue weighted by Gasteiger charge is 2.25. The normalized spacial score (nSPS) is 34.8. The van der Waals surface area contributed by atoms with Gasteiger partial charge in [0, 0.05) is 22.0 Å². The molecule has 0 aromatic rings. The second kappa shape index (κ2) is 4.31. The number of carbonyl (C=O) groups is 1. The van der Waals surface area contributed by atoms with Gasteiger partial charge in [0.05, 0.1) is 6.04 Å². The van der Waals surface area contributed by atoms with E-state index in [-0.39, 0.29) is 17.9 Å². The van der Waals surface area contributed by atoms with Crippen LogP contribution in [0.15, 0.2) is 0 Å². The molecule has 0 aromatic carbocycles. The van der Waals surface area contributed by atoms with E-state index >= 15 is 0 Å². The standard InChI is InChI=1S/C9H18N2O2S/c1-7(2)8-9(12)10-5-4-6-14(3,13)11-8/h7-8H,3-6H2,1-2H3,(H,10,12)(H,11,13)/t8-,14?/m0/s1. The zero-order valence-corrected chi connectivity index (χ0v) is 9.52. The van der Waals surface area contributed by atoms with Crippen LogP contribution in [0, 0.1) is 5.92 Å². The van der Waals surface area contributed by atoms with E-state index in [1.54, 1.807) is 0 Å². The Morgan fingerprint density at radius 2 is 2.21 bits per heavy atom. The van der Waals surface area contributed by atoms with E-state index < -0.39 is 9.71 Å². The summed E-state index contributed by atoms with van der Waals surface area (Å²) in [7, 11) is -2.28. The quantitative estimate of drug-likeness (QED) is 0.596. The van der Waals surface area contributed by atoms with E-state index in [1.165, 1.54) is 0 Å². The van der Waals surface area contributed by atoms with Crippen molar-refractivity contribution in [2.24, 2.45) is 5.92 Å². The molecule has 1 aliphatic heterocycles. The minimum absolute atomic E-state index is 0.0731. The maximum Gasteiger partial charge on any atom is 0.238 e. The van der Waals surface area contributed by atoms with Gasteiger partial charge in [0.25, 0.3) is 0 Å². The number of hydrogen-bond donors (Lipinski definition) is 2. The van der Waals surface area contributed by atoms with Crippen molar-refractivity contribution in [3.8, 4) is 0 Å². The minimum Gasteiger partial charge on any atom is -0.355 e. The van der Waals surface area contributed by atoms with Gasteiger partial charge < -0.3 is 5.32 Å². The Hall–Kier alpha value is -0.550. The molecule has 1 aliphatic rings. The highest BCUT2D eigenvalue weighted by atomic mass is 32.2. The first-order chi connectivity index (χ1) is 6.42. The number of carbonyl (C=O) groups excluding carboxylic acids is 1. The first-order valence-electron chi connectivity index (χ1n) is 4.82. The molecule has 1 saturated heterocycles. The fraction of sp³-hybridized carbons (Fsp3) is 0.778. The van der Waals surface area contributed by atoms with E-state index in [1.807, 2.05) is 13.8 Å².